The second kappa shape index (κ2) is 13.3. The van der Waals surface area contributed by atoms with E-state index in [-0.39, 0.29) is 24.0 Å². The van der Waals surface area contributed by atoms with Gasteiger partial charge in [-0.3, -0.25) is 9.89 Å². The minimum absolute atomic E-state index is 0. The molecule has 5 nitrogen and oxygen atoms in total. The number of aryl methyl sites for hydroxylation is 2. The topological polar surface area (TPSA) is 52.6 Å². The highest BCUT2D eigenvalue weighted by Gasteiger charge is 2.10. The maximum Gasteiger partial charge on any atom is 0.191 e. The second-order valence-electron chi connectivity index (χ2n) is 7.72. The van der Waals surface area contributed by atoms with Crippen LogP contribution in [0.3, 0.4) is 0 Å². The first-order valence-corrected chi connectivity index (χ1v) is 11.7. The van der Waals surface area contributed by atoms with Gasteiger partial charge in [0, 0.05) is 38.0 Å². The average Bonchev–Trinajstić information content (AvgIpc) is 3.12. The Labute approximate surface area is 202 Å². The van der Waals surface area contributed by atoms with E-state index in [1.165, 1.54) is 59.1 Å². The third-order valence-corrected chi connectivity index (χ3v) is 6.54. The fraction of sp³-hybridized carbons (Fsp3) is 0.565. The molecule has 2 aromatic rings. The Bertz CT molecular complexity index is 781. The number of rotatable bonds is 8. The van der Waals surface area contributed by atoms with Crippen molar-refractivity contribution in [3.05, 3.63) is 51.0 Å². The van der Waals surface area contributed by atoms with Gasteiger partial charge in [0.05, 0.1) is 10.7 Å². The Morgan fingerprint density at radius 3 is 2.43 bits per heavy atom. The van der Waals surface area contributed by atoms with E-state index in [1.54, 1.807) is 0 Å². The van der Waals surface area contributed by atoms with Crippen molar-refractivity contribution in [2.75, 3.05) is 26.7 Å². The Kier molecular flexibility index (Phi) is 11.1. The molecule has 0 amide bonds. The normalized spacial score (nSPS) is 15.0. The summed E-state index contributed by atoms with van der Waals surface area (Å²) in [5.74, 6) is 0.839. The minimum Gasteiger partial charge on any atom is -0.356 e. The number of likely N-dealkylation sites (tertiary alicyclic amines) is 1. The number of aliphatic imine (C=N–C) groups is 1. The number of piperidine rings is 1. The van der Waals surface area contributed by atoms with Gasteiger partial charge in [0.2, 0.25) is 0 Å². The molecule has 30 heavy (non-hydrogen) atoms. The lowest BCUT2D eigenvalue weighted by Gasteiger charge is -2.26. The summed E-state index contributed by atoms with van der Waals surface area (Å²) in [5.41, 5.74) is 3.91. The first kappa shape index (κ1) is 25.1. The maximum absolute atomic E-state index is 4.71. The van der Waals surface area contributed by atoms with E-state index in [9.17, 15) is 0 Å². The summed E-state index contributed by atoms with van der Waals surface area (Å²) in [5, 5.41) is 8.01. The van der Waals surface area contributed by atoms with Crippen LogP contribution in [0.15, 0.2) is 29.3 Å². The predicted molar refractivity (Wildman–Crippen MR) is 139 cm³/mol. The van der Waals surface area contributed by atoms with Gasteiger partial charge >= 0.3 is 0 Å². The summed E-state index contributed by atoms with van der Waals surface area (Å²) in [6.45, 7) is 9.50. The summed E-state index contributed by atoms with van der Waals surface area (Å²) in [7, 11) is 1.82. The molecule has 7 heteroatoms. The van der Waals surface area contributed by atoms with Gasteiger partial charge in [0.1, 0.15) is 0 Å². The number of hydrogen-bond acceptors (Lipinski definition) is 4. The van der Waals surface area contributed by atoms with Gasteiger partial charge in [-0.15, -0.1) is 35.3 Å². The van der Waals surface area contributed by atoms with Crippen LogP contribution >= 0.6 is 35.3 Å². The standard InChI is InChI=1S/C23H35N5S.HI/c1-4-21-18(2)29-22(27-21)12-13-25-23(24-3)26-16-19-8-10-20(11-9-19)17-28-14-6-5-7-15-28;/h8-11H,4-7,12-17H2,1-3H3,(H2,24,25,26);1H. The SMILES string of the molecule is CCc1nc(CCNC(=NC)NCc2ccc(CN3CCCCC3)cc2)sc1C.I. The van der Waals surface area contributed by atoms with E-state index in [0.29, 0.717) is 0 Å². The molecule has 0 aliphatic carbocycles. The monoisotopic (exact) mass is 541 g/mol. The summed E-state index contributed by atoms with van der Waals surface area (Å²) in [6.07, 6.45) is 6.01. The molecule has 3 rings (SSSR count). The largest absolute Gasteiger partial charge is 0.356 e. The van der Waals surface area contributed by atoms with Crippen LogP contribution in [0.25, 0.3) is 0 Å². The van der Waals surface area contributed by atoms with Crippen LogP contribution < -0.4 is 10.6 Å². The van der Waals surface area contributed by atoms with Crippen molar-refractivity contribution in [1.29, 1.82) is 0 Å². The zero-order valence-electron chi connectivity index (χ0n) is 18.5. The summed E-state index contributed by atoms with van der Waals surface area (Å²) < 4.78 is 0. The van der Waals surface area contributed by atoms with Crippen molar-refractivity contribution in [2.24, 2.45) is 4.99 Å². The van der Waals surface area contributed by atoms with Crippen molar-refractivity contribution < 1.29 is 0 Å². The average molecular weight is 542 g/mol. The van der Waals surface area contributed by atoms with E-state index in [2.05, 4.69) is 58.6 Å². The lowest BCUT2D eigenvalue weighted by atomic mass is 10.1. The number of benzene rings is 1. The zero-order valence-corrected chi connectivity index (χ0v) is 21.7. The summed E-state index contributed by atoms with van der Waals surface area (Å²) >= 11 is 1.81. The molecule has 166 valence electrons. The number of thiazole rings is 1. The highest BCUT2D eigenvalue weighted by atomic mass is 127. The highest BCUT2D eigenvalue weighted by molar-refractivity contribution is 14.0. The Balaban J connectivity index is 0.00000320. The van der Waals surface area contributed by atoms with Crippen molar-refractivity contribution in [2.45, 2.75) is 59.0 Å². The molecule has 0 radical (unpaired) electrons. The fourth-order valence-electron chi connectivity index (χ4n) is 3.76. The molecule has 1 fully saturated rings. The third-order valence-electron chi connectivity index (χ3n) is 5.46. The van der Waals surface area contributed by atoms with Gasteiger partial charge in [0.25, 0.3) is 0 Å². The summed E-state index contributed by atoms with van der Waals surface area (Å²) in [6, 6.07) is 8.98. The fourth-order valence-corrected chi connectivity index (χ4v) is 4.78. The minimum atomic E-state index is 0. The highest BCUT2D eigenvalue weighted by Crippen LogP contribution is 2.18. The number of nitrogens with zero attached hydrogens (tertiary/aromatic N) is 3. The molecule has 2 heterocycles. The second-order valence-corrected chi connectivity index (χ2v) is 9.01. The van der Waals surface area contributed by atoms with Gasteiger partial charge in [-0.2, -0.15) is 0 Å². The Hall–Kier alpha value is -1.19. The molecule has 0 bridgehead atoms. The first-order valence-electron chi connectivity index (χ1n) is 10.9. The van der Waals surface area contributed by atoms with Gasteiger partial charge < -0.3 is 10.6 Å². The molecule has 0 spiro atoms. The van der Waals surface area contributed by atoms with E-state index < -0.39 is 0 Å². The quantitative estimate of drug-likeness (QED) is 0.293. The number of guanidine groups is 1. The van der Waals surface area contributed by atoms with Crippen LogP contribution in [0.2, 0.25) is 0 Å². The lowest BCUT2D eigenvalue weighted by Crippen LogP contribution is -2.37. The summed E-state index contributed by atoms with van der Waals surface area (Å²) in [4.78, 5) is 13.0. The lowest BCUT2D eigenvalue weighted by molar-refractivity contribution is 0.221. The molecular weight excluding hydrogens is 505 g/mol. The van der Waals surface area contributed by atoms with Crippen molar-refractivity contribution in [1.82, 2.24) is 20.5 Å². The van der Waals surface area contributed by atoms with E-state index in [0.717, 1.165) is 38.4 Å². The number of halogens is 1. The van der Waals surface area contributed by atoms with Gasteiger partial charge in [-0.25, -0.2) is 4.98 Å². The molecule has 2 N–H and O–H groups in total. The molecule has 1 aliphatic heterocycles. The van der Waals surface area contributed by atoms with Gasteiger partial charge in [-0.1, -0.05) is 37.6 Å². The molecule has 1 aliphatic rings. The van der Waals surface area contributed by atoms with Crippen LogP contribution in [0.4, 0.5) is 0 Å². The van der Waals surface area contributed by atoms with Crippen molar-refractivity contribution in [3.8, 4) is 0 Å². The number of hydrogen-bond donors (Lipinski definition) is 2. The number of aromatic nitrogens is 1. The van der Waals surface area contributed by atoms with E-state index in [1.807, 2.05) is 18.4 Å². The molecular formula is C23H36IN5S. The first-order chi connectivity index (χ1) is 14.2. The van der Waals surface area contributed by atoms with Crippen LogP contribution in [0, 0.1) is 6.92 Å². The van der Waals surface area contributed by atoms with Crippen molar-refractivity contribution in [3.63, 3.8) is 0 Å². The van der Waals surface area contributed by atoms with Crippen molar-refractivity contribution >= 4 is 41.3 Å². The molecule has 0 unspecified atom stereocenters. The zero-order chi connectivity index (χ0) is 20.5. The van der Waals surface area contributed by atoms with Crippen LogP contribution in [0.5, 0.6) is 0 Å². The maximum atomic E-state index is 4.71. The molecule has 1 aromatic carbocycles. The molecule has 0 atom stereocenters. The molecule has 1 aromatic heterocycles. The van der Waals surface area contributed by atoms with Crippen LogP contribution in [-0.2, 0) is 25.9 Å². The van der Waals surface area contributed by atoms with E-state index in [4.69, 9.17) is 4.98 Å². The number of nitrogens with one attached hydrogen (secondary N) is 2. The third kappa shape index (κ3) is 7.81. The molecule has 0 saturated carbocycles. The van der Waals surface area contributed by atoms with Gasteiger partial charge in [-0.05, 0) is 50.4 Å². The Morgan fingerprint density at radius 2 is 1.80 bits per heavy atom. The smallest absolute Gasteiger partial charge is 0.191 e. The van der Waals surface area contributed by atoms with Gasteiger partial charge in [0.15, 0.2) is 5.96 Å². The molecule has 1 saturated heterocycles. The van der Waals surface area contributed by atoms with Crippen LogP contribution in [0.1, 0.15) is 52.9 Å². The van der Waals surface area contributed by atoms with E-state index >= 15 is 0 Å². The Morgan fingerprint density at radius 1 is 1.10 bits per heavy atom. The van der Waals surface area contributed by atoms with Crippen LogP contribution in [-0.4, -0.2) is 42.5 Å². The predicted octanol–water partition coefficient (Wildman–Crippen LogP) is 4.53.